The zero-order valence-electron chi connectivity index (χ0n) is 8.80. The highest BCUT2D eigenvalue weighted by Gasteiger charge is 2.35. The maximum Gasteiger partial charge on any atom is 0.108 e. The molecule has 3 nitrogen and oxygen atoms in total. The summed E-state index contributed by atoms with van der Waals surface area (Å²) in [6, 6.07) is 2.97. The van der Waals surface area contributed by atoms with Gasteiger partial charge < -0.3 is 10.2 Å². The highest BCUT2D eigenvalue weighted by Crippen LogP contribution is 2.29. The topological polar surface area (TPSA) is 39.1 Å². The van der Waals surface area contributed by atoms with Gasteiger partial charge in [0.25, 0.3) is 0 Å². The molecule has 1 aliphatic rings. The number of nitriles is 1. The van der Waals surface area contributed by atoms with Gasteiger partial charge in [0.15, 0.2) is 0 Å². The summed E-state index contributed by atoms with van der Waals surface area (Å²) in [7, 11) is 6.07. The van der Waals surface area contributed by atoms with Crippen LogP contribution in [0.15, 0.2) is 0 Å². The number of nitrogens with zero attached hydrogens (tertiary/aromatic N) is 2. The third-order valence-corrected chi connectivity index (χ3v) is 3.15. The number of nitrogens with one attached hydrogen (secondary N) is 1. The van der Waals surface area contributed by atoms with E-state index in [1.165, 1.54) is 6.42 Å². The van der Waals surface area contributed by atoms with E-state index in [-0.39, 0.29) is 5.54 Å². The van der Waals surface area contributed by atoms with E-state index in [9.17, 15) is 0 Å². The van der Waals surface area contributed by atoms with Gasteiger partial charge in [-0.2, -0.15) is 5.26 Å². The fourth-order valence-corrected chi connectivity index (χ4v) is 2.07. The second kappa shape index (κ2) is 4.08. The zero-order chi connectivity index (χ0) is 9.90. The van der Waals surface area contributed by atoms with Crippen LogP contribution in [0.3, 0.4) is 0 Å². The summed E-state index contributed by atoms with van der Waals surface area (Å²) in [5.74, 6) is 0. The minimum atomic E-state index is -0.271. The maximum absolute atomic E-state index is 9.11. The van der Waals surface area contributed by atoms with Crippen molar-refractivity contribution < 1.29 is 0 Å². The first-order chi connectivity index (χ1) is 6.13. The summed E-state index contributed by atoms with van der Waals surface area (Å²) in [6.45, 7) is 0. The van der Waals surface area contributed by atoms with Crippen molar-refractivity contribution in [2.75, 3.05) is 21.1 Å². The lowest BCUT2D eigenvalue weighted by molar-refractivity contribution is 0.173. The van der Waals surface area contributed by atoms with Crippen molar-refractivity contribution in [3.05, 3.63) is 0 Å². The summed E-state index contributed by atoms with van der Waals surface area (Å²) in [5, 5.41) is 12.3. The van der Waals surface area contributed by atoms with E-state index < -0.39 is 0 Å². The Morgan fingerprint density at radius 3 is 2.69 bits per heavy atom. The summed E-state index contributed by atoms with van der Waals surface area (Å²) in [4.78, 5) is 2.22. The monoisotopic (exact) mass is 181 g/mol. The minimum absolute atomic E-state index is 0.271. The molecule has 0 aromatic carbocycles. The Bertz CT molecular complexity index is 207. The summed E-state index contributed by atoms with van der Waals surface area (Å²) in [5.41, 5.74) is -0.271. The van der Waals surface area contributed by atoms with Gasteiger partial charge in [0, 0.05) is 6.04 Å². The number of hydrogen-bond acceptors (Lipinski definition) is 3. The van der Waals surface area contributed by atoms with Crippen LogP contribution in [-0.2, 0) is 0 Å². The van der Waals surface area contributed by atoms with Crippen LogP contribution in [0.2, 0.25) is 0 Å². The van der Waals surface area contributed by atoms with Crippen molar-refractivity contribution in [3.8, 4) is 6.07 Å². The van der Waals surface area contributed by atoms with Gasteiger partial charge in [-0.3, -0.25) is 0 Å². The third kappa shape index (κ3) is 2.20. The van der Waals surface area contributed by atoms with E-state index in [1.54, 1.807) is 0 Å². The van der Waals surface area contributed by atoms with Gasteiger partial charge >= 0.3 is 0 Å². The molecule has 1 fully saturated rings. The number of hydrogen-bond donors (Lipinski definition) is 1. The second-order valence-electron chi connectivity index (χ2n) is 4.16. The van der Waals surface area contributed by atoms with Crippen molar-refractivity contribution in [2.45, 2.75) is 37.3 Å². The molecular formula is C10H19N3. The van der Waals surface area contributed by atoms with Crippen LogP contribution in [0.5, 0.6) is 0 Å². The van der Waals surface area contributed by atoms with E-state index in [0.29, 0.717) is 6.04 Å². The molecule has 74 valence electrons. The van der Waals surface area contributed by atoms with Gasteiger partial charge in [-0.25, -0.2) is 0 Å². The predicted molar refractivity (Wildman–Crippen MR) is 53.3 cm³/mol. The molecule has 0 saturated heterocycles. The highest BCUT2D eigenvalue weighted by atomic mass is 15.1. The SMILES string of the molecule is CNC1(C#N)CCCC(N(C)C)C1. The Morgan fingerprint density at radius 2 is 2.23 bits per heavy atom. The average molecular weight is 181 g/mol. The smallest absolute Gasteiger partial charge is 0.108 e. The van der Waals surface area contributed by atoms with Gasteiger partial charge in [0.05, 0.1) is 6.07 Å². The Morgan fingerprint density at radius 1 is 1.54 bits per heavy atom. The standard InChI is InChI=1S/C10H19N3/c1-12-10(8-11)6-4-5-9(7-10)13(2)3/h9,12H,4-7H2,1-3H3. The van der Waals surface area contributed by atoms with Crippen LogP contribution in [0.4, 0.5) is 0 Å². The van der Waals surface area contributed by atoms with Crippen LogP contribution in [0, 0.1) is 11.3 Å². The van der Waals surface area contributed by atoms with Gasteiger partial charge in [-0.15, -0.1) is 0 Å². The van der Waals surface area contributed by atoms with E-state index >= 15 is 0 Å². The summed E-state index contributed by atoms with van der Waals surface area (Å²) < 4.78 is 0. The molecule has 0 radical (unpaired) electrons. The lowest BCUT2D eigenvalue weighted by atomic mass is 9.80. The first kappa shape index (κ1) is 10.5. The molecule has 13 heavy (non-hydrogen) atoms. The Hall–Kier alpha value is -0.590. The Labute approximate surface area is 80.7 Å². The largest absolute Gasteiger partial charge is 0.306 e. The molecule has 0 heterocycles. The quantitative estimate of drug-likeness (QED) is 0.690. The molecule has 1 N–H and O–H groups in total. The van der Waals surface area contributed by atoms with Crippen molar-refractivity contribution >= 4 is 0 Å². The van der Waals surface area contributed by atoms with Gasteiger partial charge in [-0.05, 0) is 46.8 Å². The molecule has 0 aliphatic heterocycles. The fraction of sp³-hybridized carbons (Fsp3) is 0.900. The van der Waals surface area contributed by atoms with E-state index in [1.807, 2.05) is 7.05 Å². The molecule has 0 aromatic rings. The van der Waals surface area contributed by atoms with Crippen LogP contribution in [0.1, 0.15) is 25.7 Å². The maximum atomic E-state index is 9.11. The van der Waals surface area contributed by atoms with E-state index in [2.05, 4.69) is 30.4 Å². The van der Waals surface area contributed by atoms with Crippen molar-refractivity contribution in [2.24, 2.45) is 0 Å². The summed E-state index contributed by atoms with van der Waals surface area (Å²) in [6.07, 6.45) is 4.31. The first-order valence-electron chi connectivity index (χ1n) is 4.90. The van der Waals surface area contributed by atoms with Crippen LogP contribution < -0.4 is 5.32 Å². The molecule has 0 aromatic heterocycles. The second-order valence-corrected chi connectivity index (χ2v) is 4.16. The minimum Gasteiger partial charge on any atom is -0.306 e. The van der Waals surface area contributed by atoms with Crippen molar-refractivity contribution in [1.82, 2.24) is 10.2 Å². The molecule has 0 bridgehead atoms. The van der Waals surface area contributed by atoms with Gasteiger partial charge in [-0.1, -0.05) is 0 Å². The van der Waals surface area contributed by atoms with Crippen molar-refractivity contribution in [3.63, 3.8) is 0 Å². The molecule has 2 atom stereocenters. The van der Waals surface area contributed by atoms with Crippen molar-refractivity contribution in [1.29, 1.82) is 5.26 Å². The lowest BCUT2D eigenvalue weighted by Gasteiger charge is -2.38. The third-order valence-electron chi connectivity index (χ3n) is 3.15. The Kier molecular flexibility index (Phi) is 3.29. The predicted octanol–water partition coefficient (Wildman–Crippen LogP) is 0.972. The van der Waals surface area contributed by atoms with Gasteiger partial charge in [0.2, 0.25) is 0 Å². The first-order valence-corrected chi connectivity index (χ1v) is 4.90. The molecule has 0 spiro atoms. The normalized spacial score (nSPS) is 34.5. The number of rotatable bonds is 2. The molecule has 2 unspecified atom stereocenters. The highest BCUT2D eigenvalue weighted by molar-refractivity contribution is 5.10. The van der Waals surface area contributed by atoms with Crippen LogP contribution in [0.25, 0.3) is 0 Å². The van der Waals surface area contributed by atoms with Crippen LogP contribution in [-0.4, -0.2) is 37.6 Å². The van der Waals surface area contributed by atoms with Gasteiger partial charge in [0.1, 0.15) is 5.54 Å². The molecule has 0 amide bonds. The average Bonchev–Trinajstić information content (AvgIpc) is 2.18. The molecule has 1 aliphatic carbocycles. The van der Waals surface area contributed by atoms with E-state index in [4.69, 9.17) is 5.26 Å². The van der Waals surface area contributed by atoms with E-state index in [0.717, 1.165) is 19.3 Å². The zero-order valence-corrected chi connectivity index (χ0v) is 8.80. The molecule has 3 heteroatoms. The molecule has 1 saturated carbocycles. The molecular weight excluding hydrogens is 162 g/mol. The Balaban J connectivity index is 2.65. The molecule has 1 rings (SSSR count). The summed E-state index contributed by atoms with van der Waals surface area (Å²) >= 11 is 0. The lowest BCUT2D eigenvalue weighted by Crippen LogP contribution is -2.50. The fourth-order valence-electron chi connectivity index (χ4n) is 2.07. The van der Waals surface area contributed by atoms with Crippen LogP contribution >= 0.6 is 0 Å².